The van der Waals surface area contributed by atoms with Gasteiger partial charge in [0.15, 0.2) is 12.2 Å². The summed E-state index contributed by atoms with van der Waals surface area (Å²) >= 11 is 0. The lowest BCUT2D eigenvalue weighted by atomic mass is 9.93. The fraction of sp³-hybridized carbons (Fsp3) is 0.659. The van der Waals surface area contributed by atoms with Gasteiger partial charge in [0.05, 0.1) is 27.4 Å². The molecule has 0 N–H and O–H groups in total. The van der Waals surface area contributed by atoms with Gasteiger partial charge in [-0.05, 0) is 94.5 Å². The Morgan fingerprint density at radius 1 is 0.759 bits per heavy atom. The Labute approximate surface area is 325 Å². The molecular weight excluding hydrogens is 696 g/mol. The molecule has 3 rings (SSSR count). The molecule has 1 aromatic carbocycles. The molecule has 13 nitrogen and oxygen atoms in total. The number of rotatable bonds is 10. The highest BCUT2D eigenvalue weighted by Crippen LogP contribution is 2.37. The van der Waals surface area contributed by atoms with E-state index in [1.807, 2.05) is 44.2 Å². The standard InChI is InChI=1S/C41H60N2O11/c1-23(2)28-26(21-25-19-17-16-18-20-25)32(42-43(28)24(3)44)54-33-31(53-37(48)41(13,14)15)30(52-36(47)40(10,11)12)29(51-35(46)39(7,8)9)27(50-33)22-49-34(45)38(4,5)6/h16-20,23,27,29-31,33H,21-22H2,1-15H3/t27-,29-,30+,31-,33?/m1/s1/i4D,7D,10D,13D. The van der Waals surface area contributed by atoms with Crippen molar-refractivity contribution in [1.82, 2.24) is 9.78 Å². The zero-order valence-corrected chi connectivity index (χ0v) is 33.5. The Bertz CT molecular complexity index is 1780. The van der Waals surface area contributed by atoms with Crippen molar-refractivity contribution < 1.29 is 57.9 Å². The van der Waals surface area contributed by atoms with Crippen LogP contribution in [0.1, 0.15) is 137 Å². The van der Waals surface area contributed by atoms with Crippen LogP contribution in [0, 0.1) is 21.7 Å². The third kappa shape index (κ3) is 11.1. The van der Waals surface area contributed by atoms with Crippen molar-refractivity contribution in [3.63, 3.8) is 0 Å². The second kappa shape index (κ2) is 16.6. The second-order valence-corrected chi connectivity index (χ2v) is 16.8. The highest BCUT2D eigenvalue weighted by molar-refractivity contribution is 5.78. The van der Waals surface area contributed by atoms with Crippen molar-refractivity contribution in [2.45, 2.75) is 147 Å². The second-order valence-electron chi connectivity index (χ2n) is 16.8. The summed E-state index contributed by atoms with van der Waals surface area (Å²) in [6.07, 6.45) is -8.18. The first kappa shape index (κ1) is 38.0. The first-order chi connectivity index (χ1) is 26.9. The van der Waals surface area contributed by atoms with E-state index in [4.69, 9.17) is 33.9 Å². The third-order valence-electron chi connectivity index (χ3n) is 8.19. The van der Waals surface area contributed by atoms with E-state index in [0.717, 1.165) is 5.56 Å². The predicted molar refractivity (Wildman–Crippen MR) is 200 cm³/mol. The summed E-state index contributed by atoms with van der Waals surface area (Å²) in [5.74, 6) is -4.33. The Morgan fingerprint density at radius 3 is 1.72 bits per heavy atom. The molecule has 0 spiro atoms. The average molecular weight is 761 g/mol. The molecule has 0 radical (unpaired) electrons. The van der Waals surface area contributed by atoms with E-state index in [0.29, 0.717) is 11.3 Å². The summed E-state index contributed by atoms with van der Waals surface area (Å²) in [6, 6.07) is 9.32. The molecule has 0 amide bonds. The maximum atomic E-state index is 13.9. The molecule has 0 aliphatic carbocycles. The van der Waals surface area contributed by atoms with Crippen LogP contribution in [-0.2, 0) is 49.3 Å². The number of carbonyl (C=O) groups is 5. The molecule has 0 bridgehead atoms. The summed E-state index contributed by atoms with van der Waals surface area (Å²) in [5.41, 5.74) is -3.62. The van der Waals surface area contributed by atoms with Gasteiger partial charge in [-0.15, -0.1) is 5.10 Å². The van der Waals surface area contributed by atoms with Crippen LogP contribution < -0.4 is 4.74 Å². The molecule has 1 fully saturated rings. The van der Waals surface area contributed by atoms with Gasteiger partial charge in [0.25, 0.3) is 0 Å². The lowest BCUT2D eigenvalue weighted by Gasteiger charge is -2.45. The summed E-state index contributed by atoms with van der Waals surface area (Å²) in [6.45, 7) is 14.7. The van der Waals surface area contributed by atoms with Gasteiger partial charge in [0.2, 0.25) is 24.2 Å². The van der Waals surface area contributed by atoms with E-state index in [-0.39, 0.29) is 25.1 Å². The van der Waals surface area contributed by atoms with Crippen LogP contribution >= 0.6 is 0 Å². The maximum Gasteiger partial charge on any atom is 0.311 e. The van der Waals surface area contributed by atoms with Gasteiger partial charge in [0, 0.05) is 24.4 Å². The number of aromatic nitrogens is 2. The lowest BCUT2D eigenvalue weighted by Crippen LogP contribution is -2.65. The molecule has 13 heteroatoms. The van der Waals surface area contributed by atoms with Crippen LogP contribution in [0.4, 0.5) is 0 Å². The molecule has 2 aromatic rings. The van der Waals surface area contributed by atoms with Crippen molar-refractivity contribution in [3.8, 4) is 5.88 Å². The number of ether oxygens (including phenoxy) is 6. The van der Waals surface area contributed by atoms with Crippen LogP contribution in [-0.4, -0.2) is 76.9 Å². The number of benzene rings is 1. The third-order valence-corrected chi connectivity index (χ3v) is 8.19. The van der Waals surface area contributed by atoms with Gasteiger partial charge < -0.3 is 28.4 Å². The summed E-state index contributed by atoms with van der Waals surface area (Å²) < 4.78 is 69.9. The number of carbonyl (C=O) groups excluding carboxylic acids is 5. The molecular formula is C41H60N2O11. The van der Waals surface area contributed by atoms with E-state index in [9.17, 15) is 24.0 Å². The molecule has 1 unspecified atom stereocenters. The minimum Gasteiger partial charge on any atom is -0.462 e. The molecule has 1 aliphatic rings. The summed E-state index contributed by atoms with van der Waals surface area (Å²) in [4.78, 5) is 67.7. The minimum absolute atomic E-state index is 0.0954. The van der Waals surface area contributed by atoms with E-state index in [2.05, 4.69) is 5.10 Å². The van der Waals surface area contributed by atoms with E-state index in [1.165, 1.54) is 67.0 Å². The molecule has 1 saturated heterocycles. The normalized spacial score (nSPS) is 21.9. The summed E-state index contributed by atoms with van der Waals surface area (Å²) in [5, 5.41) is 4.54. The van der Waals surface area contributed by atoms with Gasteiger partial charge in [-0.3, -0.25) is 24.0 Å². The Kier molecular flexibility index (Phi) is 11.7. The molecule has 1 aromatic heterocycles. The van der Waals surface area contributed by atoms with Crippen molar-refractivity contribution in [2.24, 2.45) is 21.7 Å². The van der Waals surface area contributed by atoms with Gasteiger partial charge in [0.1, 0.15) is 12.7 Å². The Morgan fingerprint density at radius 2 is 1.24 bits per heavy atom. The number of hydrogen-bond acceptors (Lipinski definition) is 12. The van der Waals surface area contributed by atoms with Crippen molar-refractivity contribution in [1.29, 1.82) is 0 Å². The summed E-state index contributed by atoms with van der Waals surface area (Å²) in [7, 11) is 0. The van der Waals surface area contributed by atoms with Crippen LogP contribution in [0.15, 0.2) is 30.3 Å². The van der Waals surface area contributed by atoms with E-state index < -0.39 is 109 Å². The van der Waals surface area contributed by atoms with Crippen LogP contribution in [0.3, 0.4) is 0 Å². The fourth-order valence-electron chi connectivity index (χ4n) is 5.16. The number of nitrogens with zero attached hydrogens (tertiary/aromatic N) is 2. The van der Waals surface area contributed by atoms with Crippen LogP contribution in [0.25, 0.3) is 0 Å². The van der Waals surface area contributed by atoms with Gasteiger partial charge in [-0.25, -0.2) is 4.68 Å². The van der Waals surface area contributed by atoms with Gasteiger partial charge in [-0.1, -0.05) is 44.2 Å². The first-order valence-corrected chi connectivity index (χ1v) is 17.8. The quantitative estimate of drug-likeness (QED) is 0.184. The van der Waals surface area contributed by atoms with Crippen LogP contribution in [0.2, 0.25) is 0 Å². The molecule has 54 heavy (non-hydrogen) atoms. The molecule has 1 aliphatic heterocycles. The number of hydrogen-bond donors (Lipinski definition) is 0. The monoisotopic (exact) mass is 760 g/mol. The molecule has 0 saturated carbocycles. The minimum atomic E-state index is -1.76. The van der Waals surface area contributed by atoms with Crippen molar-refractivity contribution >= 4 is 29.8 Å². The Balaban J connectivity index is 2.37. The van der Waals surface area contributed by atoms with Crippen molar-refractivity contribution in [3.05, 3.63) is 47.2 Å². The lowest BCUT2D eigenvalue weighted by molar-refractivity contribution is -0.294. The topological polar surface area (TPSA) is 159 Å². The predicted octanol–water partition coefficient (Wildman–Crippen LogP) is 6.82. The SMILES string of the molecule is [2H]CC(C)(C)C(=O)OC[C@H]1OC(Oc2nn(C(C)=O)c(C(C)C)c2Cc2ccccc2)[C@H](OC(=O)C(C)(C)C[2H])[C@@H](OC(=O)C(C)(C)C[2H])[C@@H]1OC(=O)C(C)(C)C[2H]. The average Bonchev–Trinajstić information content (AvgIpc) is 3.53. The zero-order chi connectivity index (χ0) is 44.0. The largest absolute Gasteiger partial charge is 0.462 e. The van der Waals surface area contributed by atoms with Gasteiger partial charge in [-0.2, -0.15) is 0 Å². The van der Waals surface area contributed by atoms with E-state index >= 15 is 0 Å². The Hall–Kier alpha value is -4.26. The first-order valence-electron chi connectivity index (χ1n) is 20.7. The molecule has 5 atom stereocenters. The smallest absolute Gasteiger partial charge is 0.311 e. The highest BCUT2D eigenvalue weighted by Gasteiger charge is 2.56. The number of esters is 4. The van der Waals surface area contributed by atoms with Crippen molar-refractivity contribution in [2.75, 3.05) is 6.61 Å². The zero-order valence-electron chi connectivity index (χ0n) is 37.5. The maximum absolute atomic E-state index is 13.9. The highest BCUT2D eigenvalue weighted by atomic mass is 16.7. The molecule has 2 heterocycles. The fourth-order valence-corrected chi connectivity index (χ4v) is 5.16. The van der Waals surface area contributed by atoms with E-state index in [1.54, 1.807) is 0 Å². The van der Waals surface area contributed by atoms with Crippen LogP contribution in [0.5, 0.6) is 5.88 Å². The molecule has 300 valence electrons. The van der Waals surface area contributed by atoms with Gasteiger partial charge >= 0.3 is 23.9 Å².